The molecule has 6 unspecified atom stereocenters. The van der Waals surface area contributed by atoms with Gasteiger partial charge in [0, 0.05) is 5.92 Å². The maximum Gasteiger partial charge on any atom is 0.163 e. The van der Waals surface area contributed by atoms with Crippen LogP contribution >= 0.6 is 0 Å². The number of rotatable bonds is 1. The molecule has 0 bridgehead atoms. The van der Waals surface area contributed by atoms with Crippen molar-refractivity contribution in [2.24, 2.45) is 40.4 Å². The minimum absolute atomic E-state index is 0.0228. The summed E-state index contributed by atoms with van der Waals surface area (Å²) in [6.07, 6.45) is 11.4. The highest BCUT2D eigenvalue weighted by atomic mass is 16.5. The van der Waals surface area contributed by atoms with Gasteiger partial charge in [-0.15, -0.1) is 0 Å². The van der Waals surface area contributed by atoms with E-state index in [0.717, 1.165) is 37.5 Å². The van der Waals surface area contributed by atoms with Crippen molar-refractivity contribution in [3.8, 4) is 0 Å². The van der Waals surface area contributed by atoms with Crippen molar-refractivity contribution in [2.45, 2.75) is 111 Å². The minimum Gasteiger partial charge on any atom is -0.393 e. The predicted octanol–water partition coefficient (Wildman–Crippen LogP) is 5.12. The maximum atomic E-state index is 10.3. The first-order chi connectivity index (χ1) is 12.6. The first kappa shape index (κ1) is 21.6. The molecule has 27 heavy (non-hydrogen) atoms. The van der Waals surface area contributed by atoms with Crippen LogP contribution in [0.25, 0.3) is 0 Å². The third-order valence-corrected chi connectivity index (χ3v) is 9.30. The fourth-order valence-electron chi connectivity index (χ4n) is 8.13. The van der Waals surface area contributed by atoms with Gasteiger partial charge in [-0.3, -0.25) is 0 Å². The topological polar surface area (TPSA) is 60.7 Å². The molecule has 3 heteroatoms. The van der Waals surface area contributed by atoms with E-state index in [2.05, 4.69) is 27.7 Å². The Morgan fingerprint density at radius 2 is 1.44 bits per heavy atom. The molecular weight excluding hydrogens is 336 g/mol. The monoisotopic (exact) mass is 380 g/mol. The van der Waals surface area contributed by atoms with Crippen molar-refractivity contribution in [3.05, 3.63) is 0 Å². The Morgan fingerprint density at radius 1 is 0.852 bits per heavy atom. The van der Waals surface area contributed by atoms with Crippen molar-refractivity contribution in [2.75, 3.05) is 0 Å². The molecule has 4 fully saturated rings. The Morgan fingerprint density at radius 3 is 2.07 bits per heavy atom. The van der Waals surface area contributed by atoms with Gasteiger partial charge in [0.25, 0.3) is 0 Å². The number of hydrogen-bond donors (Lipinski definition) is 3. The largest absolute Gasteiger partial charge is 0.393 e. The van der Waals surface area contributed by atoms with E-state index in [1.807, 2.05) is 0 Å². The lowest BCUT2D eigenvalue weighted by Gasteiger charge is -2.61. The number of fused-ring (bicyclic) bond motifs is 5. The summed E-state index contributed by atoms with van der Waals surface area (Å²) in [5, 5.41) is 30.7. The van der Waals surface area contributed by atoms with Gasteiger partial charge in [0.15, 0.2) is 5.79 Å². The lowest BCUT2D eigenvalue weighted by atomic mass is 9.44. The maximum absolute atomic E-state index is 10.3. The van der Waals surface area contributed by atoms with E-state index < -0.39 is 5.79 Å². The van der Waals surface area contributed by atoms with Crippen LogP contribution in [0.15, 0.2) is 0 Å². The van der Waals surface area contributed by atoms with Crippen LogP contribution in [0.2, 0.25) is 0 Å². The number of aliphatic hydroxyl groups excluding tert-OH is 1. The first-order valence-electron chi connectivity index (χ1n) is 11.7. The summed E-state index contributed by atoms with van der Waals surface area (Å²) in [6, 6.07) is 0. The highest BCUT2D eigenvalue weighted by Crippen LogP contribution is 2.68. The molecule has 4 rings (SSSR count). The number of hydrogen-bond acceptors (Lipinski definition) is 3. The average molecular weight is 381 g/mol. The third kappa shape index (κ3) is 3.62. The molecule has 0 heterocycles. The zero-order chi connectivity index (χ0) is 20.0. The Hall–Kier alpha value is -0.120. The van der Waals surface area contributed by atoms with Gasteiger partial charge < -0.3 is 15.3 Å². The normalized spacial score (nSPS) is 49.3. The zero-order valence-electron chi connectivity index (χ0n) is 18.4. The van der Waals surface area contributed by atoms with Crippen LogP contribution in [0.5, 0.6) is 0 Å². The van der Waals surface area contributed by atoms with Crippen LogP contribution in [0, 0.1) is 40.4 Å². The van der Waals surface area contributed by atoms with Crippen molar-refractivity contribution in [1.29, 1.82) is 0 Å². The second kappa shape index (κ2) is 7.61. The third-order valence-electron chi connectivity index (χ3n) is 9.30. The summed E-state index contributed by atoms with van der Waals surface area (Å²) in [5.74, 6) is 1.38. The van der Waals surface area contributed by atoms with Crippen LogP contribution in [0.3, 0.4) is 0 Å². The van der Waals surface area contributed by atoms with Gasteiger partial charge in [0.2, 0.25) is 0 Å². The van der Waals surface area contributed by atoms with Crippen LogP contribution in [0.4, 0.5) is 0 Å². The molecule has 0 aliphatic heterocycles. The van der Waals surface area contributed by atoms with Crippen LogP contribution in [-0.2, 0) is 0 Å². The fourth-order valence-corrected chi connectivity index (χ4v) is 8.13. The van der Waals surface area contributed by atoms with Gasteiger partial charge in [-0.2, -0.15) is 0 Å². The Labute approximate surface area is 166 Å². The first-order valence-corrected chi connectivity index (χ1v) is 11.7. The van der Waals surface area contributed by atoms with Crippen LogP contribution < -0.4 is 0 Å². The van der Waals surface area contributed by atoms with Gasteiger partial charge in [-0.05, 0) is 99.2 Å². The average Bonchev–Trinajstić information content (AvgIpc) is 2.94. The molecule has 0 radical (unpaired) electrons. The summed E-state index contributed by atoms with van der Waals surface area (Å²) in [5.41, 5.74) is 0.500. The molecule has 0 spiro atoms. The second-order valence-electron chi connectivity index (χ2n) is 11.1. The van der Waals surface area contributed by atoms with Crippen molar-refractivity contribution >= 4 is 0 Å². The molecule has 3 nitrogen and oxygen atoms in total. The minimum atomic E-state index is -1.54. The lowest BCUT2D eigenvalue weighted by molar-refractivity contribution is -0.222. The van der Waals surface area contributed by atoms with E-state index >= 15 is 0 Å². The van der Waals surface area contributed by atoms with E-state index in [9.17, 15) is 15.3 Å². The highest BCUT2D eigenvalue weighted by molar-refractivity contribution is 5.10. The molecule has 0 aromatic rings. The molecule has 158 valence electrons. The predicted molar refractivity (Wildman–Crippen MR) is 110 cm³/mol. The second-order valence-corrected chi connectivity index (χ2v) is 11.1. The molecule has 4 saturated carbocycles. The van der Waals surface area contributed by atoms with Gasteiger partial charge >= 0.3 is 0 Å². The number of aliphatic hydroxyl groups is 3. The zero-order valence-corrected chi connectivity index (χ0v) is 18.4. The molecule has 8 atom stereocenters. The molecule has 3 N–H and O–H groups in total. The molecule has 4 aliphatic carbocycles. The summed E-state index contributed by atoms with van der Waals surface area (Å²) < 4.78 is 0. The molecule has 4 aliphatic rings. The van der Waals surface area contributed by atoms with Gasteiger partial charge in [-0.1, -0.05) is 34.1 Å². The summed E-state index contributed by atoms with van der Waals surface area (Å²) in [4.78, 5) is 0. The Bertz CT molecular complexity index is 512. The van der Waals surface area contributed by atoms with Gasteiger partial charge in [-0.25, -0.2) is 0 Å². The Balaban J connectivity index is 0.000000659. The molecule has 0 saturated heterocycles. The molecule has 0 aromatic heterocycles. The summed E-state index contributed by atoms with van der Waals surface area (Å²) in [7, 11) is 0. The van der Waals surface area contributed by atoms with Crippen LogP contribution in [0.1, 0.15) is 98.8 Å². The SMILES string of the molecule is CC(O)(O)C1CCC2C3CC[C@H]4CC(O)CCC4(C)C3CC[C@@]21C.CCC. The van der Waals surface area contributed by atoms with Crippen molar-refractivity contribution < 1.29 is 15.3 Å². The fraction of sp³-hybridized carbons (Fsp3) is 1.00. The van der Waals surface area contributed by atoms with Gasteiger partial charge in [0.05, 0.1) is 6.10 Å². The molecular formula is C24H44O3. The Kier molecular flexibility index (Phi) is 6.08. The van der Waals surface area contributed by atoms with Crippen LogP contribution in [-0.4, -0.2) is 27.2 Å². The molecule has 0 amide bonds. The van der Waals surface area contributed by atoms with E-state index in [1.54, 1.807) is 6.92 Å². The quantitative estimate of drug-likeness (QED) is 0.553. The van der Waals surface area contributed by atoms with E-state index in [-0.39, 0.29) is 17.4 Å². The standard InChI is InChI=1S/C21H36O3.C3H8/c1-19-10-8-14(22)12-13(19)4-5-15-16-6-7-18(21(3,23)24)20(16,2)11-9-17(15)19;1-3-2/h13-18,22-24H,4-12H2,1-3H3;3H2,1-2H3/t13-,14?,15?,16?,17?,18?,19?,20-;/m0./s1. The molecule has 0 aromatic carbocycles. The van der Waals surface area contributed by atoms with Crippen molar-refractivity contribution in [1.82, 2.24) is 0 Å². The van der Waals surface area contributed by atoms with E-state index in [0.29, 0.717) is 17.3 Å². The highest BCUT2D eigenvalue weighted by Gasteiger charge is 2.62. The summed E-state index contributed by atoms with van der Waals surface area (Å²) >= 11 is 0. The van der Waals surface area contributed by atoms with Crippen molar-refractivity contribution in [3.63, 3.8) is 0 Å². The summed E-state index contributed by atoms with van der Waals surface area (Å²) in [6.45, 7) is 10.7. The van der Waals surface area contributed by atoms with E-state index in [1.165, 1.54) is 38.5 Å². The smallest absolute Gasteiger partial charge is 0.163 e. The lowest BCUT2D eigenvalue weighted by Crippen LogP contribution is -2.55. The van der Waals surface area contributed by atoms with Gasteiger partial charge in [0.1, 0.15) is 0 Å². The van der Waals surface area contributed by atoms with E-state index in [4.69, 9.17) is 0 Å².